The Bertz CT molecular complexity index is 530. The summed E-state index contributed by atoms with van der Waals surface area (Å²) in [4.78, 5) is 14.8. The van der Waals surface area contributed by atoms with Crippen molar-refractivity contribution in [1.29, 1.82) is 0 Å². The molecule has 120 valence electrons. The van der Waals surface area contributed by atoms with Crippen LogP contribution in [0.5, 0.6) is 5.75 Å². The van der Waals surface area contributed by atoms with Crippen LogP contribution in [0.1, 0.15) is 46.0 Å². The van der Waals surface area contributed by atoms with Crippen LogP contribution in [-0.4, -0.2) is 29.8 Å². The van der Waals surface area contributed by atoms with Gasteiger partial charge in [0, 0.05) is 12.2 Å². The van der Waals surface area contributed by atoms with Crippen molar-refractivity contribution >= 4 is 11.6 Å². The molecule has 4 nitrogen and oxygen atoms in total. The van der Waals surface area contributed by atoms with E-state index in [1.54, 1.807) is 0 Å². The first-order valence-electron chi connectivity index (χ1n) is 8.27. The summed E-state index contributed by atoms with van der Waals surface area (Å²) >= 11 is 0. The van der Waals surface area contributed by atoms with Crippen LogP contribution in [0, 0.1) is 5.41 Å². The maximum Gasteiger partial charge on any atom is 0.233 e. The van der Waals surface area contributed by atoms with E-state index in [0.717, 1.165) is 50.1 Å². The molecular weight excluding hydrogens is 278 g/mol. The Morgan fingerprint density at radius 1 is 1.18 bits per heavy atom. The summed E-state index contributed by atoms with van der Waals surface area (Å²) in [6.07, 6.45) is 3.97. The number of hydrogen-bond donors (Lipinski definition) is 1. The summed E-state index contributed by atoms with van der Waals surface area (Å²) in [6, 6.07) is 7.79. The van der Waals surface area contributed by atoms with Gasteiger partial charge in [-0.2, -0.15) is 0 Å². The van der Waals surface area contributed by atoms with Gasteiger partial charge in [-0.3, -0.25) is 4.79 Å². The largest absolute Gasteiger partial charge is 0.491 e. The van der Waals surface area contributed by atoms with Crippen LogP contribution < -0.4 is 9.64 Å². The lowest BCUT2D eigenvalue weighted by atomic mass is 9.72. The minimum atomic E-state index is -0.230. The lowest BCUT2D eigenvalue weighted by Gasteiger charge is -2.33. The van der Waals surface area contributed by atoms with Crippen LogP contribution in [0.4, 0.5) is 5.69 Å². The highest BCUT2D eigenvalue weighted by molar-refractivity contribution is 6.00. The van der Waals surface area contributed by atoms with Gasteiger partial charge in [-0.05, 0) is 70.2 Å². The molecule has 1 aliphatic carbocycles. The van der Waals surface area contributed by atoms with Gasteiger partial charge in [0.15, 0.2) is 0 Å². The topological polar surface area (TPSA) is 49.8 Å². The maximum absolute atomic E-state index is 12.9. The second-order valence-electron chi connectivity index (χ2n) is 6.88. The predicted molar refractivity (Wildman–Crippen MR) is 86.1 cm³/mol. The van der Waals surface area contributed by atoms with Gasteiger partial charge in [0.25, 0.3) is 0 Å². The van der Waals surface area contributed by atoms with Crippen molar-refractivity contribution in [3.63, 3.8) is 0 Å². The number of amides is 1. The molecule has 1 heterocycles. The van der Waals surface area contributed by atoms with Crippen LogP contribution in [0.3, 0.4) is 0 Å². The molecule has 1 spiro atoms. The number of nitrogens with zero attached hydrogens (tertiary/aromatic N) is 1. The van der Waals surface area contributed by atoms with Crippen molar-refractivity contribution in [3.8, 4) is 5.75 Å². The van der Waals surface area contributed by atoms with E-state index < -0.39 is 0 Å². The lowest BCUT2D eigenvalue weighted by molar-refractivity contribution is -0.128. The number of carbonyl (C=O) groups excluding carboxylic acids is 1. The van der Waals surface area contributed by atoms with Gasteiger partial charge in [0.05, 0.1) is 17.6 Å². The zero-order chi connectivity index (χ0) is 15.7. The van der Waals surface area contributed by atoms with Crippen molar-refractivity contribution in [2.24, 2.45) is 5.41 Å². The molecule has 1 aliphatic heterocycles. The molecule has 22 heavy (non-hydrogen) atoms. The fourth-order valence-electron chi connectivity index (χ4n) is 3.66. The van der Waals surface area contributed by atoms with Crippen LogP contribution in [0.15, 0.2) is 24.3 Å². The van der Waals surface area contributed by atoms with Crippen molar-refractivity contribution in [2.75, 3.05) is 11.4 Å². The zero-order valence-electron chi connectivity index (χ0n) is 13.4. The van der Waals surface area contributed by atoms with Gasteiger partial charge in [-0.1, -0.05) is 0 Å². The summed E-state index contributed by atoms with van der Waals surface area (Å²) in [5.41, 5.74) is 0.718. The van der Waals surface area contributed by atoms with Gasteiger partial charge in [-0.25, -0.2) is 0 Å². The Kier molecular flexibility index (Phi) is 4.13. The second-order valence-corrected chi connectivity index (χ2v) is 6.88. The first-order chi connectivity index (χ1) is 10.5. The summed E-state index contributed by atoms with van der Waals surface area (Å²) in [6.45, 7) is 4.78. The van der Waals surface area contributed by atoms with Crippen LogP contribution >= 0.6 is 0 Å². The number of aliphatic hydroxyl groups excluding tert-OH is 1. The van der Waals surface area contributed by atoms with Crippen molar-refractivity contribution in [1.82, 2.24) is 0 Å². The zero-order valence-corrected chi connectivity index (χ0v) is 13.4. The number of carbonyl (C=O) groups is 1. The van der Waals surface area contributed by atoms with Crippen LogP contribution in [0.2, 0.25) is 0 Å². The van der Waals surface area contributed by atoms with Gasteiger partial charge in [-0.15, -0.1) is 0 Å². The molecular formula is C18H25NO3. The fraction of sp³-hybridized carbons (Fsp3) is 0.611. The Hall–Kier alpha value is -1.55. The molecule has 1 saturated heterocycles. The smallest absolute Gasteiger partial charge is 0.233 e. The Balaban J connectivity index is 1.72. The molecule has 1 saturated carbocycles. The fourth-order valence-corrected chi connectivity index (χ4v) is 3.66. The Morgan fingerprint density at radius 2 is 1.82 bits per heavy atom. The first kappa shape index (κ1) is 15.3. The summed E-state index contributed by atoms with van der Waals surface area (Å²) in [5, 5.41) is 9.69. The molecule has 1 N–H and O–H groups in total. The van der Waals surface area contributed by atoms with E-state index in [2.05, 4.69) is 0 Å². The maximum atomic E-state index is 12.9. The highest BCUT2D eigenvalue weighted by atomic mass is 16.5. The molecule has 4 heteroatoms. The number of benzene rings is 1. The third-order valence-electron chi connectivity index (χ3n) is 4.95. The Labute approximate surface area is 132 Å². The molecule has 0 radical (unpaired) electrons. The van der Waals surface area contributed by atoms with E-state index in [-0.39, 0.29) is 23.5 Å². The van der Waals surface area contributed by atoms with Crippen molar-refractivity contribution in [3.05, 3.63) is 24.3 Å². The third-order valence-corrected chi connectivity index (χ3v) is 4.95. The van der Waals surface area contributed by atoms with Crippen LogP contribution in [-0.2, 0) is 4.79 Å². The van der Waals surface area contributed by atoms with E-state index in [4.69, 9.17) is 4.74 Å². The molecule has 1 amide bonds. The normalized spacial score (nSPS) is 28.6. The summed E-state index contributed by atoms with van der Waals surface area (Å²) in [5.74, 6) is 1.07. The summed E-state index contributed by atoms with van der Waals surface area (Å²) in [7, 11) is 0. The van der Waals surface area contributed by atoms with Gasteiger partial charge in [0.2, 0.25) is 5.91 Å². The first-order valence-corrected chi connectivity index (χ1v) is 8.27. The molecule has 0 aromatic heterocycles. The molecule has 2 fully saturated rings. The number of hydrogen-bond acceptors (Lipinski definition) is 3. The SMILES string of the molecule is CC(C)Oc1ccc(N2CCC3(CCC(O)CC3)C2=O)cc1. The van der Waals surface area contributed by atoms with E-state index >= 15 is 0 Å². The number of rotatable bonds is 3. The van der Waals surface area contributed by atoms with Crippen LogP contribution in [0.25, 0.3) is 0 Å². The van der Waals surface area contributed by atoms with Gasteiger partial charge >= 0.3 is 0 Å². The minimum Gasteiger partial charge on any atom is -0.491 e. The summed E-state index contributed by atoms with van der Waals surface area (Å²) < 4.78 is 5.65. The highest BCUT2D eigenvalue weighted by Gasteiger charge is 2.48. The monoisotopic (exact) mass is 303 g/mol. The van der Waals surface area contributed by atoms with Crippen molar-refractivity contribution < 1.29 is 14.6 Å². The Morgan fingerprint density at radius 3 is 2.41 bits per heavy atom. The predicted octanol–water partition coefficient (Wildman–Crippen LogP) is 3.13. The number of aliphatic hydroxyl groups is 1. The standard InChI is InChI=1S/C18H25NO3/c1-13(2)22-16-5-3-14(4-6-16)19-12-11-18(17(19)21)9-7-15(20)8-10-18/h3-6,13,15,20H,7-12H2,1-2H3. The molecule has 1 aromatic rings. The molecule has 0 bridgehead atoms. The molecule has 0 atom stereocenters. The van der Waals surface area contributed by atoms with E-state index in [1.165, 1.54) is 0 Å². The number of anilines is 1. The average molecular weight is 303 g/mol. The quantitative estimate of drug-likeness (QED) is 0.933. The third kappa shape index (κ3) is 2.84. The second kappa shape index (κ2) is 5.92. The van der Waals surface area contributed by atoms with E-state index in [0.29, 0.717) is 0 Å². The van der Waals surface area contributed by atoms with E-state index in [1.807, 2.05) is 43.0 Å². The molecule has 1 aromatic carbocycles. The van der Waals surface area contributed by atoms with Gasteiger partial charge < -0.3 is 14.7 Å². The molecule has 2 aliphatic rings. The lowest BCUT2D eigenvalue weighted by Crippen LogP contribution is -2.38. The van der Waals surface area contributed by atoms with E-state index in [9.17, 15) is 9.90 Å². The van der Waals surface area contributed by atoms with Crippen molar-refractivity contribution in [2.45, 2.75) is 58.2 Å². The highest BCUT2D eigenvalue weighted by Crippen LogP contribution is 2.46. The van der Waals surface area contributed by atoms with Gasteiger partial charge in [0.1, 0.15) is 5.75 Å². The average Bonchev–Trinajstić information content (AvgIpc) is 2.80. The minimum absolute atomic E-state index is 0.149. The molecule has 0 unspecified atom stereocenters. The number of ether oxygens (including phenoxy) is 1. The molecule has 3 rings (SSSR count).